The molecular formula is C22H26O4. The molecule has 26 heavy (non-hydrogen) atoms. The van der Waals surface area contributed by atoms with Gasteiger partial charge in [0, 0.05) is 0 Å². The van der Waals surface area contributed by atoms with Crippen LogP contribution in [0.4, 0.5) is 0 Å². The van der Waals surface area contributed by atoms with E-state index in [1.165, 1.54) is 0 Å². The molecule has 0 aliphatic rings. The molecule has 0 aliphatic carbocycles. The van der Waals surface area contributed by atoms with Gasteiger partial charge in [-0.1, -0.05) is 11.8 Å². The zero-order valence-corrected chi connectivity index (χ0v) is 16.8. The van der Waals surface area contributed by atoms with Crippen LogP contribution in [0.2, 0.25) is 0 Å². The van der Waals surface area contributed by atoms with Gasteiger partial charge >= 0.3 is 0 Å². The lowest BCUT2D eigenvalue weighted by Crippen LogP contribution is -1.99. The van der Waals surface area contributed by atoms with Crippen molar-refractivity contribution in [2.45, 2.75) is 27.7 Å². The molecule has 0 amide bonds. The summed E-state index contributed by atoms with van der Waals surface area (Å²) in [6.07, 6.45) is 0. The Morgan fingerprint density at radius 1 is 0.538 bits per heavy atom. The minimum atomic E-state index is 0.755. The molecule has 0 bridgehead atoms. The molecule has 2 aromatic carbocycles. The maximum Gasteiger partial charge on any atom is 0.137 e. The van der Waals surface area contributed by atoms with Gasteiger partial charge < -0.3 is 18.9 Å². The van der Waals surface area contributed by atoms with E-state index in [0.29, 0.717) is 0 Å². The molecular weight excluding hydrogens is 328 g/mol. The monoisotopic (exact) mass is 354 g/mol. The summed E-state index contributed by atoms with van der Waals surface area (Å²) in [6.45, 7) is 8.01. The lowest BCUT2D eigenvalue weighted by Gasteiger charge is -2.15. The van der Waals surface area contributed by atoms with Crippen molar-refractivity contribution in [3.8, 4) is 34.8 Å². The Balaban J connectivity index is 2.67. The van der Waals surface area contributed by atoms with E-state index in [0.717, 1.165) is 56.4 Å². The van der Waals surface area contributed by atoms with E-state index in [-0.39, 0.29) is 0 Å². The SMILES string of the molecule is COc1cc(C#Cc2cc(OC)c(C)c(C)c2OC)c(OC)c(C)c1C. The summed E-state index contributed by atoms with van der Waals surface area (Å²) < 4.78 is 22.1. The average molecular weight is 354 g/mol. The molecule has 0 fully saturated rings. The summed E-state index contributed by atoms with van der Waals surface area (Å²) in [5.41, 5.74) is 5.65. The van der Waals surface area contributed by atoms with E-state index in [1.807, 2.05) is 39.8 Å². The van der Waals surface area contributed by atoms with Gasteiger partial charge in [-0.15, -0.1) is 0 Å². The first-order valence-corrected chi connectivity index (χ1v) is 8.35. The van der Waals surface area contributed by atoms with Gasteiger partial charge in [-0.05, 0) is 62.1 Å². The second-order valence-electron chi connectivity index (χ2n) is 6.07. The fraction of sp³-hybridized carbons (Fsp3) is 0.364. The van der Waals surface area contributed by atoms with E-state index >= 15 is 0 Å². The van der Waals surface area contributed by atoms with Gasteiger partial charge in [-0.25, -0.2) is 0 Å². The van der Waals surface area contributed by atoms with Crippen LogP contribution in [-0.2, 0) is 0 Å². The Labute approximate surface area is 156 Å². The number of hydrogen-bond acceptors (Lipinski definition) is 4. The Morgan fingerprint density at radius 2 is 0.885 bits per heavy atom. The Bertz CT molecular complexity index is 814. The molecule has 0 aliphatic heterocycles. The van der Waals surface area contributed by atoms with Crippen molar-refractivity contribution in [3.63, 3.8) is 0 Å². The van der Waals surface area contributed by atoms with Crippen LogP contribution in [0.5, 0.6) is 23.0 Å². The molecule has 0 saturated heterocycles. The molecule has 2 aromatic rings. The zero-order chi connectivity index (χ0) is 19.4. The summed E-state index contributed by atoms with van der Waals surface area (Å²) in [5.74, 6) is 9.50. The summed E-state index contributed by atoms with van der Waals surface area (Å²) in [4.78, 5) is 0. The van der Waals surface area contributed by atoms with E-state index < -0.39 is 0 Å². The predicted molar refractivity (Wildman–Crippen MR) is 104 cm³/mol. The first-order chi connectivity index (χ1) is 12.4. The third-order valence-corrected chi connectivity index (χ3v) is 4.77. The van der Waals surface area contributed by atoms with Gasteiger partial charge in [0.05, 0.1) is 39.6 Å². The minimum Gasteiger partial charge on any atom is -0.496 e. The smallest absolute Gasteiger partial charge is 0.137 e. The third-order valence-electron chi connectivity index (χ3n) is 4.77. The van der Waals surface area contributed by atoms with Crippen molar-refractivity contribution in [2.24, 2.45) is 0 Å². The molecule has 4 nitrogen and oxygen atoms in total. The maximum absolute atomic E-state index is 5.58. The first-order valence-electron chi connectivity index (χ1n) is 8.35. The minimum absolute atomic E-state index is 0.755. The third kappa shape index (κ3) is 3.43. The van der Waals surface area contributed by atoms with Crippen molar-refractivity contribution in [2.75, 3.05) is 28.4 Å². The molecule has 0 atom stereocenters. The van der Waals surface area contributed by atoms with E-state index in [4.69, 9.17) is 18.9 Å². The van der Waals surface area contributed by atoms with Crippen molar-refractivity contribution < 1.29 is 18.9 Å². The highest BCUT2D eigenvalue weighted by Gasteiger charge is 2.14. The number of methoxy groups -OCH3 is 4. The highest BCUT2D eigenvalue weighted by atomic mass is 16.5. The number of benzene rings is 2. The Kier molecular flexibility index (Phi) is 6.05. The molecule has 2 rings (SSSR count). The molecule has 0 radical (unpaired) electrons. The lowest BCUT2D eigenvalue weighted by molar-refractivity contribution is 0.396. The van der Waals surface area contributed by atoms with Gasteiger partial charge in [0.2, 0.25) is 0 Å². The fourth-order valence-electron chi connectivity index (χ4n) is 2.99. The van der Waals surface area contributed by atoms with Crippen molar-refractivity contribution in [1.29, 1.82) is 0 Å². The van der Waals surface area contributed by atoms with Gasteiger partial charge in [0.25, 0.3) is 0 Å². The van der Waals surface area contributed by atoms with Gasteiger partial charge in [-0.2, -0.15) is 0 Å². The Hall–Kier alpha value is -2.80. The lowest BCUT2D eigenvalue weighted by atomic mass is 10.0. The molecule has 138 valence electrons. The van der Waals surface area contributed by atoms with E-state index in [1.54, 1.807) is 28.4 Å². The van der Waals surface area contributed by atoms with Crippen molar-refractivity contribution in [1.82, 2.24) is 0 Å². The van der Waals surface area contributed by atoms with Crippen LogP contribution in [0.15, 0.2) is 12.1 Å². The van der Waals surface area contributed by atoms with Crippen LogP contribution in [-0.4, -0.2) is 28.4 Å². The Morgan fingerprint density at radius 3 is 1.15 bits per heavy atom. The molecule has 0 aromatic heterocycles. The predicted octanol–water partition coefficient (Wildman–Crippen LogP) is 4.35. The standard InChI is InChI=1S/C22H26O4/c1-13-15(3)21(25-7)17(11-19(13)23-5)9-10-18-12-20(24-6)14(2)16(4)22(18)26-8/h11-12H,1-8H3. The summed E-state index contributed by atoms with van der Waals surface area (Å²) in [6, 6.07) is 3.80. The quantitative estimate of drug-likeness (QED) is 0.765. The van der Waals surface area contributed by atoms with Gasteiger partial charge in [0.1, 0.15) is 23.0 Å². The van der Waals surface area contributed by atoms with Crippen LogP contribution in [0, 0.1) is 39.5 Å². The van der Waals surface area contributed by atoms with Crippen LogP contribution < -0.4 is 18.9 Å². The molecule has 0 N–H and O–H groups in total. The normalized spacial score (nSPS) is 10.0. The number of hydrogen-bond donors (Lipinski definition) is 0. The van der Waals surface area contributed by atoms with Crippen molar-refractivity contribution in [3.05, 3.63) is 45.5 Å². The molecule has 0 heterocycles. The van der Waals surface area contributed by atoms with Gasteiger partial charge in [0.15, 0.2) is 0 Å². The van der Waals surface area contributed by atoms with Crippen LogP contribution in [0.3, 0.4) is 0 Å². The molecule has 0 spiro atoms. The van der Waals surface area contributed by atoms with Crippen molar-refractivity contribution >= 4 is 0 Å². The van der Waals surface area contributed by atoms with Crippen LogP contribution in [0.25, 0.3) is 0 Å². The van der Waals surface area contributed by atoms with Crippen LogP contribution >= 0.6 is 0 Å². The topological polar surface area (TPSA) is 36.9 Å². The summed E-state index contributed by atoms with van der Waals surface area (Å²) >= 11 is 0. The second-order valence-corrected chi connectivity index (χ2v) is 6.07. The zero-order valence-electron chi connectivity index (χ0n) is 16.8. The number of ether oxygens (including phenoxy) is 4. The number of rotatable bonds is 4. The fourth-order valence-corrected chi connectivity index (χ4v) is 2.99. The molecule has 0 saturated carbocycles. The largest absolute Gasteiger partial charge is 0.496 e. The second kappa shape index (κ2) is 8.05. The molecule has 0 unspecified atom stereocenters. The van der Waals surface area contributed by atoms with E-state index in [9.17, 15) is 0 Å². The maximum atomic E-state index is 5.58. The van der Waals surface area contributed by atoms with E-state index in [2.05, 4.69) is 11.8 Å². The molecule has 4 heteroatoms. The highest BCUT2D eigenvalue weighted by molar-refractivity contribution is 5.63. The summed E-state index contributed by atoms with van der Waals surface area (Å²) in [5, 5.41) is 0. The summed E-state index contributed by atoms with van der Waals surface area (Å²) in [7, 11) is 6.61. The van der Waals surface area contributed by atoms with Crippen LogP contribution in [0.1, 0.15) is 33.4 Å². The average Bonchev–Trinajstić information content (AvgIpc) is 2.65. The van der Waals surface area contributed by atoms with Gasteiger partial charge in [-0.3, -0.25) is 0 Å². The first kappa shape index (κ1) is 19.5. The highest BCUT2D eigenvalue weighted by Crippen LogP contribution is 2.34.